The third-order valence-electron chi connectivity index (χ3n) is 3.77. The summed E-state index contributed by atoms with van der Waals surface area (Å²) in [5, 5.41) is 2.26. The summed E-state index contributed by atoms with van der Waals surface area (Å²) in [5.41, 5.74) is 0. The van der Waals surface area contributed by atoms with E-state index in [1.165, 1.54) is 0 Å². The molecule has 0 unspecified atom stereocenters. The van der Waals surface area contributed by atoms with E-state index in [4.69, 9.17) is 3.48 Å². The van der Waals surface area contributed by atoms with E-state index in [1.54, 1.807) is 0 Å². The van der Waals surface area contributed by atoms with Crippen molar-refractivity contribution < 1.29 is 28.9 Å². The SMILES string of the molecule is [O]=[Cr](=[O])([OH])[O][Si](c1ccccc1)(c1ccccc1)c1ccccc1. The van der Waals surface area contributed by atoms with Gasteiger partial charge < -0.3 is 0 Å². The predicted octanol–water partition coefficient (Wildman–Crippen LogP) is 1.34. The second-order valence-electron chi connectivity index (χ2n) is 5.29. The molecule has 3 rings (SSSR count). The fourth-order valence-electron chi connectivity index (χ4n) is 2.82. The molecule has 0 spiro atoms. The summed E-state index contributed by atoms with van der Waals surface area (Å²) >= 11 is -5.47. The van der Waals surface area contributed by atoms with E-state index < -0.39 is 21.9 Å². The summed E-state index contributed by atoms with van der Waals surface area (Å²) in [6, 6.07) is 27.7. The van der Waals surface area contributed by atoms with Gasteiger partial charge in [-0.3, -0.25) is 0 Å². The van der Waals surface area contributed by atoms with Crippen LogP contribution in [0.2, 0.25) is 0 Å². The van der Waals surface area contributed by atoms with Crippen LogP contribution in [0.15, 0.2) is 91.0 Å². The van der Waals surface area contributed by atoms with Crippen LogP contribution in [-0.4, -0.2) is 12.5 Å². The van der Waals surface area contributed by atoms with E-state index in [1.807, 2.05) is 91.0 Å². The summed E-state index contributed by atoms with van der Waals surface area (Å²) in [6.07, 6.45) is 0. The average Bonchev–Trinajstić information content (AvgIpc) is 2.61. The molecule has 0 aliphatic carbocycles. The van der Waals surface area contributed by atoms with Crippen molar-refractivity contribution in [3.8, 4) is 0 Å². The molecular weight excluding hydrogens is 360 g/mol. The number of benzene rings is 3. The maximum atomic E-state index is 11.8. The summed E-state index contributed by atoms with van der Waals surface area (Å²) < 4.78 is 38.7. The molecule has 0 amide bonds. The van der Waals surface area contributed by atoms with Gasteiger partial charge in [-0.1, -0.05) is 0 Å². The molecular formula is C18H16CrO4Si. The zero-order valence-corrected chi connectivity index (χ0v) is 15.0. The second-order valence-corrected chi connectivity index (χ2v) is 10.7. The van der Waals surface area contributed by atoms with Crippen LogP contribution in [0.25, 0.3) is 0 Å². The van der Waals surface area contributed by atoms with Gasteiger partial charge in [-0.25, -0.2) is 0 Å². The molecule has 0 fully saturated rings. The van der Waals surface area contributed by atoms with Gasteiger partial charge in [0.2, 0.25) is 0 Å². The second kappa shape index (κ2) is 6.81. The number of rotatable bonds is 5. The molecule has 0 aliphatic rings. The molecule has 0 radical (unpaired) electrons. The number of hydrogen-bond acceptors (Lipinski definition) is 3. The van der Waals surface area contributed by atoms with E-state index in [0.717, 1.165) is 15.6 Å². The topological polar surface area (TPSA) is 63.6 Å². The van der Waals surface area contributed by atoms with Crippen LogP contribution >= 0.6 is 0 Å². The first kappa shape index (κ1) is 16.8. The van der Waals surface area contributed by atoms with Crippen molar-refractivity contribution in [1.29, 1.82) is 0 Å². The molecule has 0 saturated heterocycles. The first-order valence-electron chi connectivity index (χ1n) is 7.37. The molecule has 6 heteroatoms. The maximum absolute atomic E-state index is 11.8. The molecule has 122 valence electrons. The Labute approximate surface area is 143 Å². The van der Waals surface area contributed by atoms with E-state index in [2.05, 4.69) is 0 Å². The van der Waals surface area contributed by atoms with Crippen LogP contribution in [-0.2, 0) is 24.7 Å². The van der Waals surface area contributed by atoms with Gasteiger partial charge >= 0.3 is 144 Å². The van der Waals surface area contributed by atoms with Gasteiger partial charge in [0.1, 0.15) is 0 Å². The third kappa shape index (κ3) is 3.39. The van der Waals surface area contributed by atoms with Crippen molar-refractivity contribution in [2.45, 2.75) is 0 Å². The molecule has 0 aliphatic heterocycles. The molecule has 0 atom stereocenters. The quantitative estimate of drug-likeness (QED) is 0.539. The summed E-state index contributed by atoms with van der Waals surface area (Å²) in [6.45, 7) is 0. The predicted molar refractivity (Wildman–Crippen MR) is 88.7 cm³/mol. The van der Waals surface area contributed by atoms with Gasteiger partial charge in [-0.2, -0.15) is 0 Å². The molecule has 24 heavy (non-hydrogen) atoms. The van der Waals surface area contributed by atoms with Gasteiger partial charge in [0, 0.05) is 0 Å². The Balaban J connectivity index is 2.37. The van der Waals surface area contributed by atoms with Crippen molar-refractivity contribution in [1.82, 2.24) is 0 Å². The monoisotopic (exact) mass is 376 g/mol. The van der Waals surface area contributed by atoms with E-state index in [-0.39, 0.29) is 0 Å². The van der Waals surface area contributed by atoms with Crippen molar-refractivity contribution in [3.05, 3.63) is 91.0 Å². The fraction of sp³-hybridized carbons (Fsp3) is 0. The third-order valence-corrected chi connectivity index (χ3v) is 9.83. The Bertz CT molecular complexity index is 801. The molecule has 0 saturated carbocycles. The standard InChI is InChI=1S/C18H15OSi.Cr.H2O.2O/c19-20(16-10-4-1-5-11-16,17-12-6-2-7-13-17)18-14-8-3-9-15-18;;;;/h1-15H;;1H2;;/q-1;+2;;;/p-1. The zero-order valence-electron chi connectivity index (χ0n) is 12.7. The van der Waals surface area contributed by atoms with Gasteiger partial charge in [0.15, 0.2) is 0 Å². The summed E-state index contributed by atoms with van der Waals surface area (Å²) in [7, 11) is -3.36. The molecule has 0 aromatic heterocycles. The van der Waals surface area contributed by atoms with Gasteiger partial charge in [-0.15, -0.1) is 0 Å². The normalized spacial score (nSPS) is 12.0. The van der Waals surface area contributed by atoms with E-state index in [0.29, 0.717) is 0 Å². The molecule has 0 bridgehead atoms. The fourth-order valence-corrected chi connectivity index (χ4v) is 9.24. The van der Waals surface area contributed by atoms with Crippen molar-refractivity contribution in [2.75, 3.05) is 0 Å². The van der Waals surface area contributed by atoms with Crippen LogP contribution in [0, 0.1) is 0 Å². The van der Waals surface area contributed by atoms with Gasteiger partial charge in [-0.05, 0) is 0 Å². The van der Waals surface area contributed by atoms with Crippen LogP contribution in [0.4, 0.5) is 0 Å². The van der Waals surface area contributed by atoms with Crippen molar-refractivity contribution in [3.63, 3.8) is 0 Å². The minimum absolute atomic E-state index is 0.754. The minimum atomic E-state index is -5.47. The zero-order chi connectivity index (χ0) is 17.0. The van der Waals surface area contributed by atoms with Crippen LogP contribution in [0.3, 0.4) is 0 Å². The Morgan fingerprint density at radius 3 is 1.17 bits per heavy atom. The Hall–Kier alpha value is -2.07. The Morgan fingerprint density at radius 1 is 0.625 bits per heavy atom. The van der Waals surface area contributed by atoms with Crippen molar-refractivity contribution >= 4 is 23.9 Å². The molecule has 3 aromatic rings. The van der Waals surface area contributed by atoms with Gasteiger partial charge in [0.25, 0.3) is 0 Å². The van der Waals surface area contributed by atoms with E-state index >= 15 is 0 Å². The molecule has 1 N–H and O–H groups in total. The molecule has 4 nitrogen and oxygen atoms in total. The average molecular weight is 376 g/mol. The first-order valence-corrected chi connectivity index (χ1v) is 11.4. The number of hydrogen-bond donors (Lipinski definition) is 1. The Kier molecular flexibility index (Phi) is 4.76. The van der Waals surface area contributed by atoms with Crippen LogP contribution in [0.1, 0.15) is 0 Å². The summed E-state index contributed by atoms with van der Waals surface area (Å²) in [4.78, 5) is 0. The van der Waals surface area contributed by atoms with Crippen LogP contribution in [0.5, 0.6) is 0 Å². The van der Waals surface area contributed by atoms with Gasteiger partial charge in [0.05, 0.1) is 0 Å². The molecule has 3 aromatic carbocycles. The first-order chi connectivity index (χ1) is 11.5. The van der Waals surface area contributed by atoms with Crippen LogP contribution < -0.4 is 15.6 Å². The van der Waals surface area contributed by atoms with Crippen molar-refractivity contribution in [2.24, 2.45) is 0 Å². The van der Waals surface area contributed by atoms with E-state index in [9.17, 15) is 11.8 Å². The summed E-state index contributed by atoms with van der Waals surface area (Å²) in [5.74, 6) is 0. The Morgan fingerprint density at radius 2 is 0.917 bits per heavy atom. The molecule has 0 heterocycles.